The lowest BCUT2D eigenvalue weighted by atomic mass is 9.44. The molecule has 1 heterocycles. The molecule has 0 saturated heterocycles. The highest BCUT2D eigenvalue weighted by Crippen LogP contribution is 2.65. The molecule has 1 N–H and O–H groups in total. The standard InChI is InChI=1S/C15H23N3/c1-3-12-16-13(18-17-12)15-7-10-4-11(8-15)6-14(2,5-10)9-15/h10-11H,3-9H2,1-2H3,(H,16,17,18). The SMILES string of the molecule is CCc1nc(C23CC4CC(CC(C)(C4)C2)C3)n[nH]1. The van der Waals surface area contributed by atoms with E-state index in [9.17, 15) is 0 Å². The van der Waals surface area contributed by atoms with Gasteiger partial charge in [0.1, 0.15) is 5.82 Å². The molecule has 2 unspecified atom stereocenters. The van der Waals surface area contributed by atoms with Gasteiger partial charge in [0.25, 0.3) is 0 Å². The van der Waals surface area contributed by atoms with Crippen molar-refractivity contribution in [1.29, 1.82) is 0 Å². The van der Waals surface area contributed by atoms with Crippen LogP contribution in [0.4, 0.5) is 0 Å². The lowest BCUT2D eigenvalue weighted by Gasteiger charge is -2.60. The number of hydrogen-bond acceptors (Lipinski definition) is 2. The quantitative estimate of drug-likeness (QED) is 0.869. The van der Waals surface area contributed by atoms with Gasteiger partial charge in [-0.15, -0.1) is 0 Å². The van der Waals surface area contributed by atoms with E-state index in [1.165, 1.54) is 38.5 Å². The molecule has 18 heavy (non-hydrogen) atoms. The number of aromatic nitrogens is 3. The molecule has 5 rings (SSSR count). The van der Waals surface area contributed by atoms with Crippen molar-refractivity contribution in [1.82, 2.24) is 15.2 Å². The molecule has 98 valence electrons. The van der Waals surface area contributed by atoms with Crippen LogP contribution >= 0.6 is 0 Å². The first-order chi connectivity index (χ1) is 8.61. The summed E-state index contributed by atoms with van der Waals surface area (Å²) >= 11 is 0. The van der Waals surface area contributed by atoms with Crippen LogP contribution in [0.3, 0.4) is 0 Å². The molecule has 3 heteroatoms. The number of aryl methyl sites for hydroxylation is 1. The molecule has 0 aliphatic heterocycles. The van der Waals surface area contributed by atoms with E-state index in [-0.39, 0.29) is 0 Å². The smallest absolute Gasteiger partial charge is 0.156 e. The fraction of sp³-hybridized carbons (Fsp3) is 0.867. The van der Waals surface area contributed by atoms with Gasteiger partial charge in [-0.05, 0) is 55.8 Å². The van der Waals surface area contributed by atoms with E-state index >= 15 is 0 Å². The van der Waals surface area contributed by atoms with Crippen molar-refractivity contribution in [2.75, 3.05) is 0 Å². The molecule has 4 aliphatic carbocycles. The Morgan fingerprint density at radius 2 is 1.94 bits per heavy atom. The first-order valence-electron chi connectivity index (χ1n) is 7.53. The summed E-state index contributed by atoms with van der Waals surface area (Å²) in [5.41, 5.74) is 0.903. The summed E-state index contributed by atoms with van der Waals surface area (Å²) < 4.78 is 0. The summed E-state index contributed by atoms with van der Waals surface area (Å²) in [5.74, 6) is 4.09. The fourth-order valence-electron chi connectivity index (χ4n) is 5.67. The monoisotopic (exact) mass is 245 g/mol. The molecule has 4 aliphatic rings. The van der Waals surface area contributed by atoms with Gasteiger partial charge in [0.2, 0.25) is 0 Å². The van der Waals surface area contributed by atoms with Crippen LogP contribution in [0.1, 0.15) is 64.0 Å². The minimum Gasteiger partial charge on any atom is -0.263 e. The highest BCUT2D eigenvalue weighted by atomic mass is 15.2. The molecule has 2 atom stereocenters. The Morgan fingerprint density at radius 3 is 2.50 bits per heavy atom. The van der Waals surface area contributed by atoms with Gasteiger partial charge in [0, 0.05) is 11.8 Å². The van der Waals surface area contributed by atoms with Gasteiger partial charge >= 0.3 is 0 Å². The van der Waals surface area contributed by atoms with Crippen molar-refractivity contribution in [2.45, 2.75) is 64.2 Å². The van der Waals surface area contributed by atoms with Gasteiger partial charge < -0.3 is 0 Å². The molecule has 4 bridgehead atoms. The maximum atomic E-state index is 4.78. The fourth-order valence-corrected chi connectivity index (χ4v) is 5.67. The molecule has 1 aromatic heterocycles. The molecule has 4 fully saturated rings. The van der Waals surface area contributed by atoms with Crippen LogP contribution in [0.25, 0.3) is 0 Å². The average Bonchev–Trinajstić information content (AvgIpc) is 2.74. The maximum absolute atomic E-state index is 4.78. The Kier molecular flexibility index (Phi) is 2.06. The second-order valence-corrected chi connectivity index (χ2v) is 7.51. The Balaban J connectivity index is 1.74. The van der Waals surface area contributed by atoms with Gasteiger partial charge in [-0.2, -0.15) is 5.10 Å². The molecule has 0 amide bonds. The van der Waals surface area contributed by atoms with Gasteiger partial charge in [-0.25, -0.2) is 4.98 Å². The van der Waals surface area contributed by atoms with Crippen molar-refractivity contribution in [2.24, 2.45) is 17.3 Å². The molecule has 1 aromatic rings. The number of rotatable bonds is 2. The molecule has 0 spiro atoms. The largest absolute Gasteiger partial charge is 0.263 e. The van der Waals surface area contributed by atoms with Crippen LogP contribution in [-0.2, 0) is 11.8 Å². The molecule has 3 nitrogen and oxygen atoms in total. The van der Waals surface area contributed by atoms with Gasteiger partial charge in [0.15, 0.2) is 5.82 Å². The molecular formula is C15H23N3. The Morgan fingerprint density at radius 1 is 1.22 bits per heavy atom. The Hall–Kier alpha value is -0.860. The minimum atomic E-state index is 0.322. The number of nitrogens with zero attached hydrogens (tertiary/aromatic N) is 2. The molecule has 4 saturated carbocycles. The van der Waals surface area contributed by atoms with Crippen LogP contribution in [-0.4, -0.2) is 15.2 Å². The van der Waals surface area contributed by atoms with Crippen molar-refractivity contribution in [3.63, 3.8) is 0 Å². The predicted molar refractivity (Wildman–Crippen MR) is 70.2 cm³/mol. The summed E-state index contributed by atoms with van der Waals surface area (Å²) in [6.07, 6.45) is 9.37. The van der Waals surface area contributed by atoms with Gasteiger partial charge in [-0.1, -0.05) is 13.8 Å². The third-order valence-electron chi connectivity index (χ3n) is 5.69. The highest BCUT2D eigenvalue weighted by molar-refractivity contribution is 5.19. The van der Waals surface area contributed by atoms with Crippen molar-refractivity contribution in [3.8, 4) is 0 Å². The Bertz CT molecular complexity index is 462. The zero-order chi connectivity index (χ0) is 12.4. The summed E-state index contributed by atoms with van der Waals surface area (Å²) in [5, 5.41) is 7.70. The van der Waals surface area contributed by atoms with E-state index in [0.717, 1.165) is 29.9 Å². The van der Waals surface area contributed by atoms with Crippen molar-refractivity contribution in [3.05, 3.63) is 11.6 Å². The van der Waals surface area contributed by atoms with Crippen LogP contribution in [0.15, 0.2) is 0 Å². The van der Waals surface area contributed by atoms with E-state index in [4.69, 9.17) is 4.98 Å². The normalized spacial score (nSPS) is 45.7. The van der Waals surface area contributed by atoms with Crippen molar-refractivity contribution < 1.29 is 0 Å². The lowest BCUT2D eigenvalue weighted by Crippen LogP contribution is -2.53. The van der Waals surface area contributed by atoms with Gasteiger partial charge in [-0.3, -0.25) is 5.10 Å². The lowest BCUT2D eigenvalue weighted by molar-refractivity contribution is -0.0647. The zero-order valence-electron chi connectivity index (χ0n) is 11.5. The summed E-state index contributed by atoms with van der Waals surface area (Å²) in [4.78, 5) is 4.78. The molecule has 0 aromatic carbocycles. The Labute approximate surface area is 109 Å². The second kappa shape index (κ2) is 3.37. The number of aromatic amines is 1. The third kappa shape index (κ3) is 1.42. The number of H-pyrrole nitrogens is 1. The van der Waals surface area contributed by atoms with E-state index in [0.29, 0.717) is 10.8 Å². The zero-order valence-corrected chi connectivity index (χ0v) is 11.5. The van der Waals surface area contributed by atoms with Crippen LogP contribution in [0.2, 0.25) is 0 Å². The summed E-state index contributed by atoms with van der Waals surface area (Å²) in [6, 6.07) is 0. The van der Waals surface area contributed by atoms with E-state index in [2.05, 4.69) is 24.0 Å². The first-order valence-corrected chi connectivity index (χ1v) is 7.53. The van der Waals surface area contributed by atoms with E-state index < -0.39 is 0 Å². The molecule has 0 radical (unpaired) electrons. The summed E-state index contributed by atoms with van der Waals surface area (Å²) in [7, 11) is 0. The predicted octanol–water partition coefficient (Wildman–Crippen LogP) is 3.23. The number of nitrogens with one attached hydrogen (secondary N) is 1. The van der Waals surface area contributed by atoms with E-state index in [1.54, 1.807) is 0 Å². The second-order valence-electron chi connectivity index (χ2n) is 7.51. The van der Waals surface area contributed by atoms with Crippen LogP contribution in [0.5, 0.6) is 0 Å². The van der Waals surface area contributed by atoms with Crippen molar-refractivity contribution >= 4 is 0 Å². The topological polar surface area (TPSA) is 41.6 Å². The average molecular weight is 245 g/mol. The van der Waals surface area contributed by atoms with E-state index in [1.807, 2.05) is 0 Å². The number of hydrogen-bond donors (Lipinski definition) is 1. The third-order valence-corrected chi connectivity index (χ3v) is 5.69. The minimum absolute atomic E-state index is 0.322. The summed E-state index contributed by atoms with van der Waals surface area (Å²) in [6.45, 7) is 4.65. The maximum Gasteiger partial charge on any atom is 0.156 e. The molecular weight excluding hydrogens is 222 g/mol. The van der Waals surface area contributed by atoms with Gasteiger partial charge in [0.05, 0.1) is 0 Å². The van der Waals surface area contributed by atoms with Crippen LogP contribution in [0, 0.1) is 17.3 Å². The van der Waals surface area contributed by atoms with Crippen LogP contribution < -0.4 is 0 Å². The first kappa shape index (κ1) is 11.0. The highest BCUT2D eigenvalue weighted by Gasteiger charge is 2.57.